The van der Waals surface area contributed by atoms with Gasteiger partial charge in [0.25, 0.3) is 18.2 Å². The minimum Gasteiger partial charge on any atom is -0.490 e. The number of ether oxygens (including phenoxy) is 2. The van der Waals surface area contributed by atoms with E-state index in [1.54, 1.807) is 36.1 Å². The van der Waals surface area contributed by atoms with Crippen molar-refractivity contribution in [3.8, 4) is 11.6 Å². The Balaban J connectivity index is 1.26. The van der Waals surface area contributed by atoms with Gasteiger partial charge in [0, 0.05) is 29.9 Å². The Morgan fingerprint density at radius 3 is 2.60 bits per heavy atom. The summed E-state index contributed by atoms with van der Waals surface area (Å²) in [5.41, 5.74) is 4.99. The van der Waals surface area contributed by atoms with Gasteiger partial charge in [-0.15, -0.1) is 0 Å². The van der Waals surface area contributed by atoms with Gasteiger partial charge in [0.2, 0.25) is 5.88 Å². The van der Waals surface area contributed by atoms with Crippen LogP contribution in [0, 0.1) is 0 Å². The maximum Gasteiger partial charge on any atom is 0.272 e. The zero-order valence-electron chi connectivity index (χ0n) is 23.4. The Morgan fingerprint density at radius 2 is 1.93 bits per heavy atom. The number of carbonyl (C=O) groups is 2. The van der Waals surface area contributed by atoms with Crippen molar-refractivity contribution in [1.29, 1.82) is 0 Å². The minimum absolute atomic E-state index is 0.0150. The van der Waals surface area contributed by atoms with Gasteiger partial charge in [-0.1, -0.05) is 0 Å². The molecular weight excluding hydrogens is 555 g/mol. The number of pyridine rings is 1. The first kappa shape index (κ1) is 29.1. The molecule has 0 unspecified atom stereocenters. The van der Waals surface area contributed by atoms with Gasteiger partial charge in [0.15, 0.2) is 11.3 Å². The summed E-state index contributed by atoms with van der Waals surface area (Å²) in [5, 5.41) is 12.3. The van der Waals surface area contributed by atoms with Crippen molar-refractivity contribution in [1.82, 2.24) is 29.9 Å². The molecule has 0 atom stereocenters. The Morgan fingerprint density at radius 1 is 1.19 bits per heavy atom. The number of alkyl halides is 3. The van der Waals surface area contributed by atoms with Crippen molar-refractivity contribution >= 4 is 33.8 Å². The van der Waals surface area contributed by atoms with E-state index >= 15 is 0 Å². The number of hydrogen-bond acceptors (Lipinski definition) is 7. The van der Waals surface area contributed by atoms with Gasteiger partial charge < -0.3 is 20.5 Å². The Hall–Kier alpha value is -4.36. The summed E-state index contributed by atoms with van der Waals surface area (Å²) >= 11 is 0. The molecule has 0 spiro atoms. The molecule has 14 heteroatoms. The lowest BCUT2D eigenvalue weighted by atomic mass is 9.92. The molecule has 1 saturated carbocycles. The van der Waals surface area contributed by atoms with Gasteiger partial charge in [0.1, 0.15) is 36.2 Å². The Bertz CT molecular complexity index is 1620. The molecule has 2 amide bonds. The van der Waals surface area contributed by atoms with Gasteiger partial charge in [-0.3, -0.25) is 19.0 Å². The third-order valence-electron chi connectivity index (χ3n) is 7.06. The largest absolute Gasteiger partial charge is 0.490 e. The van der Waals surface area contributed by atoms with Crippen LogP contribution >= 0.6 is 0 Å². The second-order valence-corrected chi connectivity index (χ2v) is 11.1. The quantitative estimate of drug-likeness (QED) is 0.287. The fraction of sp³-hybridized carbons (Fsp3) is 0.464. The number of hydrogen-bond donors (Lipinski definition) is 2. The van der Waals surface area contributed by atoms with Crippen molar-refractivity contribution in [2.45, 2.75) is 70.3 Å². The number of fused-ring (bicyclic) bond motifs is 2. The number of nitrogens with one attached hydrogen (secondary N) is 1. The maximum absolute atomic E-state index is 13.9. The number of benzene rings is 1. The third-order valence-corrected chi connectivity index (χ3v) is 7.06. The van der Waals surface area contributed by atoms with Gasteiger partial charge in [-0.25, -0.2) is 13.2 Å². The van der Waals surface area contributed by atoms with Crippen LogP contribution in [-0.4, -0.2) is 67.2 Å². The van der Waals surface area contributed by atoms with Crippen LogP contribution in [0.2, 0.25) is 0 Å². The number of halogens is 3. The highest BCUT2D eigenvalue weighted by molar-refractivity contribution is 6.05. The van der Waals surface area contributed by atoms with Gasteiger partial charge in [0.05, 0.1) is 11.7 Å². The summed E-state index contributed by atoms with van der Waals surface area (Å²) < 4.78 is 54.7. The Kier molecular flexibility index (Phi) is 7.97. The second kappa shape index (κ2) is 11.5. The second-order valence-electron chi connectivity index (χ2n) is 11.1. The molecule has 0 radical (unpaired) electrons. The zero-order chi connectivity index (χ0) is 30.2. The van der Waals surface area contributed by atoms with Crippen molar-refractivity contribution in [2.75, 3.05) is 6.61 Å². The molecule has 42 heavy (non-hydrogen) atoms. The molecule has 0 saturated heterocycles. The third kappa shape index (κ3) is 6.42. The lowest BCUT2D eigenvalue weighted by Crippen LogP contribution is -2.40. The lowest BCUT2D eigenvalue weighted by molar-refractivity contribution is 0.0875. The fourth-order valence-corrected chi connectivity index (χ4v) is 5.00. The topological polar surface area (TPSA) is 139 Å². The van der Waals surface area contributed by atoms with Crippen LogP contribution in [0.4, 0.5) is 13.2 Å². The SMILES string of the molecule is Cn1ncc2cc(C(N)=O)c(O[C@H]3CC[C@H](NC(=O)c4nn(CC(F)F)c5cc(OCC(C)(C)F)ccc45)CC3)nc21. The van der Waals surface area contributed by atoms with Crippen LogP contribution in [0.3, 0.4) is 0 Å². The molecule has 0 aliphatic heterocycles. The molecule has 1 aliphatic rings. The summed E-state index contributed by atoms with van der Waals surface area (Å²) in [4.78, 5) is 29.7. The number of carbonyl (C=O) groups excluding carboxylic acids is 2. The molecule has 5 rings (SSSR count). The summed E-state index contributed by atoms with van der Waals surface area (Å²) in [5.74, 6) is -0.728. The molecule has 1 aliphatic carbocycles. The normalized spacial score (nSPS) is 17.6. The van der Waals surface area contributed by atoms with E-state index in [2.05, 4.69) is 20.5 Å². The summed E-state index contributed by atoms with van der Waals surface area (Å²) in [6, 6.07) is 6.00. The molecule has 224 valence electrons. The fourth-order valence-electron chi connectivity index (χ4n) is 5.00. The number of nitrogens with zero attached hydrogens (tertiary/aromatic N) is 5. The van der Waals surface area contributed by atoms with Crippen molar-refractivity contribution in [3.05, 3.63) is 41.7 Å². The minimum atomic E-state index is -2.70. The number of rotatable bonds is 10. The number of amides is 2. The molecule has 11 nitrogen and oxygen atoms in total. The number of aryl methyl sites for hydroxylation is 1. The highest BCUT2D eigenvalue weighted by atomic mass is 19.3. The maximum atomic E-state index is 13.9. The molecule has 1 fully saturated rings. The average molecular weight is 588 g/mol. The molecule has 3 aromatic heterocycles. The van der Waals surface area contributed by atoms with Gasteiger partial charge in [-0.2, -0.15) is 15.2 Å². The van der Waals surface area contributed by atoms with E-state index in [0.29, 0.717) is 42.1 Å². The zero-order valence-corrected chi connectivity index (χ0v) is 23.4. The predicted octanol–water partition coefficient (Wildman–Crippen LogP) is 3.93. The van der Waals surface area contributed by atoms with Crippen LogP contribution in [0.15, 0.2) is 30.5 Å². The van der Waals surface area contributed by atoms with Gasteiger partial charge >= 0.3 is 0 Å². The molecule has 3 heterocycles. The summed E-state index contributed by atoms with van der Waals surface area (Å²) in [7, 11) is 1.73. The lowest BCUT2D eigenvalue weighted by Gasteiger charge is -2.29. The van der Waals surface area contributed by atoms with Crippen molar-refractivity contribution < 1.29 is 32.2 Å². The first-order chi connectivity index (χ1) is 19.9. The molecule has 4 aromatic rings. The molecule has 1 aromatic carbocycles. The molecular formula is C28H32F3N7O4. The smallest absolute Gasteiger partial charge is 0.272 e. The number of primary amides is 1. The predicted molar refractivity (Wildman–Crippen MR) is 148 cm³/mol. The summed E-state index contributed by atoms with van der Waals surface area (Å²) in [6.45, 7) is 1.80. The van der Waals surface area contributed by atoms with Crippen molar-refractivity contribution in [2.24, 2.45) is 12.8 Å². The van der Waals surface area contributed by atoms with Crippen LogP contribution < -0.4 is 20.5 Å². The Labute approximate surface area is 239 Å². The monoisotopic (exact) mass is 587 g/mol. The van der Waals surface area contributed by atoms with E-state index in [4.69, 9.17) is 15.2 Å². The highest BCUT2D eigenvalue weighted by Gasteiger charge is 2.28. The van der Waals surface area contributed by atoms with E-state index in [9.17, 15) is 22.8 Å². The standard InChI is InChI=1S/C28H32F3N7O4/c1-28(2,31)14-41-18-8-9-19-21(11-18)38(13-22(29)30)36-23(19)26(40)34-16-4-6-17(7-5-16)42-27-20(24(32)39)10-15-12-33-37(3)25(15)35-27/h8-12,16-17,22H,4-7,13-14H2,1-3H3,(H2,32,39)(H,34,40)/t16-,17-. The van der Waals surface area contributed by atoms with Crippen LogP contribution in [0.25, 0.3) is 21.9 Å². The van der Waals surface area contributed by atoms with E-state index in [1.807, 2.05) is 0 Å². The molecule has 3 N–H and O–H groups in total. The van der Waals surface area contributed by atoms with E-state index in [-0.39, 0.29) is 47.2 Å². The first-order valence-electron chi connectivity index (χ1n) is 13.6. The average Bonchev–Trinajstić information content (AvgIpc) is 3.47. The van der Waals surface area contributed by atoms with Gasteiger partial charge in [-0.05, 0) is 57.7 Å². The molecule has 0 bridgehead atoms. The van der Waals surface area contributed by atoms with E-state index < -0.39 is 30.5 Å². The van der Waals surface area contributed by atoms with Crippen molar-refractivity contribution in [3.63, 3.8) is 0 Å². The van der Waals surface area contributed by atoms with Crippen LogP contribution in [0.5, 0.6) is 11.6 Å². The number of aromatic nitrogens is 5. The highest BCUT2D eigenvalue weighted by Crippen LogP contribution is 2.29. The van der Waals surface area contributed by atoms with E-state index in [0.717, 1.165) is 4.68 Å². The first-order valence-corrected chi connectivity index (χ1v) is 13.6. The summed E-state index contributed by atoms with van der Waals surface area (Å²) in [6.07, 6.45) is 0.920. The number of nitrogens with two attached hydrogens (primary N) is 1. The van der Waals surface area contributed by atoms with E-state index in [1.165, 1.54) is 19.9 Å². The van der Waals surface area contributed by atoms with Crippen LogP contribution in [-0.2, 0) is 13.6 Å². The van der Waals surface area contributed by atoms with Crippen LogP contribution in [0.1, 0.15) is 60.4 Å².